The number of rotatable bonds is 5. The molecule has 0 bridgehead atoms. The van der Waals surface area contributed by atoms with Crippen molar-refractivity contribution in [3.63, 3.8) is 0 Å². The Hall–Kier alpha value is -2.28. The number of ether oxygens (including phenoxy) is 2. The summed E-state index contributed by atoms with van der Waals surface area (Å²) in [5.74, 6) is -1.99. The minimum Gasteiger partial charge on any atom is -0.493 e. The average molecular weight is 353 g/mol. The third-order valence-electron chi connectivity index (χ3n) is 4.10. The van der Waals surface area contributed by atoms with Crippen LogP contribution in [0.1, 0.15) is 44.1 Å². The van der Waals surface area contributed by atoms with Crippen molar-refractivity contribution in [2.24, 2.45) is 0 Å². The summed E-state index contributed by atoms with van der Waals surface area (Å²) in [5, 5.41) is 18.5. The molecule has 0 unspecified atom stereocenters. The van der Waals surface area contributed by atoms with Gasteiger partial charge < -0.3 is 25.0 Å². The molecule has 0 atom stereocenters. The number of carbonyl (C=O) groups is 2. The number of carboxylic acid groups (broad SMARTS) is 2. The lowest BCUT2D eigenvalue weighted by Crippen LogP contribution is -2.28. The van der Waals surface area contributed by atoms with Gasteiger partial charge >= 0.3 is 11.9 Å². The Balaban J connectivity index is 0.000000450. The fourth-order valence-corrected chi connectivity index (χ4v) is 2.83. The SMILES string of the molecule is COc1cccc(CNC2CCCCCC2)c1OC.O=C(O)C(=O)O. The van der Waals surface area contributed by atoms with Crippen molar-refractivity contribution in [3.8, 4) is 11.5 Å². The van der Waals surface area contributed by atoms with E-state index in [-0.39, 0.29) is 0 Å². The minimum atomic E-state index is -1.82. The Kier molecular flexibility index (Phi) is 9.39. The molecule has 1 aromatic rings. The number of hydrogen-bond acceptors (Lipinski definition) is 5. The lowest BCUT2D eigenvalue weighted by Gasteiger charge is -2.18. The van der Waals surface area contributed by atoms with E-state index in [4.69, 9.17) is 29.3 Å². The smallest absolute Gasteiger partial charge is 0.414 e. The highest BCUT2D eigenvalue weighted by atomic mass is 16.5. The molecule has 7 nitrogen and oxygen atoms in total. The van der Waals surface area contributed by atoms with Gasteiger partial charge in [0.15, 0.2) is 11.5 Å². The minimum absolute atomic E-state index is 0.651. The van der Waals surface area contributed by atoms with E-state index in [9.17, 15) is 0 Å². The Labute approximate surface area is 147 Å². The Morgan fingerprint density at radius 3 is 2.12 bits per heavy atom. The van der Waals surface area contributed by atoms with Crippen molar-refractivity contribution in [2.75, 3.05) is 14.2 Å². The molecule has 1 aliphatic carbocycles. The van der Waals surface area contributed by atoms with E-state index in [1.165, 1.54) is 44.1 Å². The molecular formula is C18H27NO6. The van der Waals surface area contributed by atoms with Crippen LogP contribution in [0.15, 0.2) is 18.2 Å². The van der Waals surface area contributed by atoms with E-state index in [2.05, 4.69) is 11.4 Å². The quantitative estimate of drug-likeness (QED) is 0.552. The number of carboxylic acids is 2. The number of para-hydroxylation sites is 1. The van der Waals surface area contributed by atoms with Gasteiger partial charge in [-0.15, -0.1) is 0 Å². The fraction of sp³-hybridized carbons (Fsp3) is 0.556. The molecule has 1 saturated carbocycles. The molecule has 0 saturated heterocycles. The molecule has 140 valence electrons. The molecule has 1 aromatic carbocycles. The summed E-state index contributed by atoms with van der Waals surface area (Å²) in [6.45, 7) is 0.852. The van der Waals surface area contributed by atoms with Crippen molar-refractivity contribution in [2.45, 2.75) is 51.1 Å². The number of methoxy groups -OCH3 is 2. The molecular weight excluding hydrogens is 326 g/mol. The van der Waals surface area contributed by atoms with Crippen LogP contribution in [0.5, 0.6) is 11.5 Å². The highest BCUT2D eigenvalue weighted by Gasteiger charge is 2.14. The average Bonchev–Trinajstić information content (AvgIpc) is 2.88. The predicted octanol–water partition coefficient (Wildman–Crippen LogP) is 2.67. The molecule has 0 radical (unpaired) electrons. The van der Waals surface area contributed by atoms with Crippen LogP contribution in [-0.2, 0) is 16.1 Å². The molecule has 7 heteroatoms. The number of nitrogens with one attached hydrogen (secondary N) is 1. The summed E-state index contributed by atoms with van der Waals surface area (Å²) in [4.78, 5) is 18.2. The maximum absolute atomic E-state index is 9.10. The normalized spacial score (nSPS) is 14.6. The first-order valence-electron chi connectivity index (χ1n) is 8.39. The number of aliphatic carboxylic acids is 2. The van der Waals surface area contributed by atoms with E-state index >= 15 is 0 Å². The fourth-order valence-electron chi connectivity index (χ4n) is 2.83. The van der Waals surface area contributed by atoms with Gasteiger partial charge in [0.05, 0.1) is 14.2 Å². The molecule has 3 N–H and O–H groups in total. The van der Waals surface area contributed by atoms with Gasteiger partial charge in [0.2, 0.25) is 0 Å². The molecule has 0 aliphatic heterocycles. The van der Waals surface area contributed by atoms with Crippen LogP contribution in [0.25, 0.3) is 0 Å². The summed E-state index contributed by atoms with van der Waals surface area (Å²) in [5.41, 5.74) is 1.17. The highest BCUT2D eigenvalue weighted by Crippen LogP contribution is 2.30. The van der Waals surface area contributed by atoms with Crippen LogP contribution < -0.4 is 14.8 Å². The van der Waals surface area contributed by atoms with Gasteiger partial charge in [-0.1, -0.05) is 37.8 Å². The standard InChI is InChI=1S/C16H25NO2.C2H2O4/c1-18-15-11-7-8-13(16(15)19-2)12-17-14-9-5-3-4-6-10-14;3-1(4)2(5)6/h7-8,11,14,17H,3-6,9-10,12H2,1-2H3;(H,3,4)(H,5,6). The highest BCUT2D eigenvalue weighted by molar-refractivity contribution is 6.27. The van der Waals surface area contributed by atoms with Crippen molar-refractivity contribution in [3.05, 3.63) is 23.8 Å². The molecule has 0 aromatic heterocycles. The predicted molar refractivity (Wildman–Crippen MR) is 93.1 cm³/mol. The van der Waals surface area contributed by atoms with E-state index in [0.29, 0.717) is 6.04 Å². The maximum Gasteiger partial charge on any atom is 0.414 e. The summed E-state index contributed by atoms with van der Waals surface area (Å²) in [6, 6.07) is 6.71. The first-order chi connectivity index (χ1) is 12.0. The maximum atomic E-state index is 9.10. The van der Waals surface area contributed by atoms with Gasteiger partial charge in [0.25, 0.3) is 0 Å². The Bertz CT molecular complexity index is 540. The van der Waals surface area contributed by atoms with Gasteiger partial charge in [-0.2, -0.15) is 0 Å². The zero-order chi connectivity index (χ0) is 18.7. The van der Waals surface area contributed by atoms with Gasteiger partial charge in [-0.25, -0.2) is 9.59 Å². The van der Waals surface area contributed by atoms with Crippen LogP contribution in [0.4, 0.5) is 0 Å². The molecule has 0 heterocycles. The van der Waals surface area contributed by atoms with Crippen molar-refractivity contribution in [1.29, 1.82) is 0 Å². The monoisotopic (exact) mass is 353 g/mol. The topological polar surface area (TPSA) is 105 Å². The van der Waals surface area contributed by atoms with Crippen LogP contribution in [0.3, 0.4) is 0 Å². The van der Waals surface area contributed by atoms with E-state index in [1.54, 1.807) is 14.2 Å². The molecule has 25 heavy (non-hydrogen) atoms. The van der Waals surface area contributed by atoms with Gasteiger partial charge in [-0.3, -0.25) is 0 Å². The van der Waals surface area contributed by atoms with Crippen molar-refractivity contribution >= 4 is 11.9 Å². The Morgan fingerprint density at radius 2 is 1.64 bits per heavy atom. The zero-order valence-electron chi connectivity index (χ0n) is 14.8. The molecule has 1 aliphatic rings. The lowest BCUT2D eigenvalue weighted by atomic mass is 10.1. The molecule has 0 amide bonds. The summed E-state index contributed by atoms with van der Waals surface area (Å²) >= 11 is 0. The summed E-state index contributed by atoms with van der Waals surface area (Å²) in [7, 11) is 3.38. The van der Waals surface area contributed by atoms with Gasteiger partial charge in [0.1, 0.15) is 0 Å². The van der Waals surface area contributed by atoms with E-state index in [1.807, 2.05) is 12.1 Å². The van der Waals surface area contributed by atoms with E-state index < -0.39 is 11.9 Å². The second-order valence-electron chi connectivity index (χ2n) is 5.83. The van der Waals surface area contributed by atoms with Crippen LogP contribution in [0, 0.1) is 0 Å². The molecule has 2 rings (SSSR count). The second-order valence-corrected chi connectivity index (χ2v) is 5.83. The summed E-state index contributed by atoms with van der Waals surface area (Å²) in [6.07, 6.45) is 8.08. The van der Waals surface area contributed by atoms with Crippen LogP contribution >= 0.6 is 0 Å². The number of benzene rings is 1. The zero-order valence-corrected chi connectivity index (χ0v) is 14.8. The third kappa shape index (κ3) is 7.43. The second kappa shape index (κ2) is 11.3. The Morgan fingerprint density at radius 1 is 1.04 bits per heavy atom. The van der Waals surface area contributed by atoms with Crippen LogP contribution in [-0.4, -0.2) is 42.4 Å². The first-order valence-corrected chi connectivity index (χ1v) is 8.39. The third-order valence-corrected chi connectivity index (χ3v) is 4.10. The molecule has 0 spiro atoms. The first kappa shape index (κ1) is 20.8. The summed E-state index contributed by atoms with van der Waals surface area (Å²) < 4.78 is 10.8. The van der Waals surface area contributed by atoms with Gasteiger partial charge in [0, 0.05) is 18.2 Å². The largest absolute Gasteiger partial charge is 0.493 e. The lowest BCUT2D eigenvalue weighted by molar-refractivity contribution is -0.159. The van der Waals surface area contributed by atoms with Crippen molar-refractivity contribution < 1.29 is 29.3 Å². The van der Waals surface area contributed by atoms with E-state index in [0.717, 1.165) is 18.0 Å². The number of hydrogen-bond donors (Lipinski definition) is 3. The van der Waals surface area contributed by atoms with Gasteiger partial charge in [-0.05, 0) is 18.9 Å². The molecule has 1 fully saturated rings. The van der Waals surface area contributed by atoms with Crippen molar-refractivity contribution in [1.82, 2.24) is 5.32 Å². The van der Waals surface area contributed by atoms with Crippen LogP contribution in [0.2, 0.25) is 0 Å².